The fourth-order valence-electron chi connectivity index (χ4n) is 1.35. The molecule has 0 heterocycles. The van der Waals surface area contributed by atoms with Crippen molar-refractivity contribution in [2.45, 2.75) is 19.4 Å². The van der Waals surface area contributed by atoms with Crippen LogP contribution in [0.5, 0.6) is 5.75 Å². The summed E-state index contributed by atoms with van der Waals surface area (Å²) in [4.78, 5) is 0. The van der Waals surface area contributed by atoms with E-state index in [0.717, 1.165) is 17.5 Å². The van der Waals surface area contributed by atoms with Gasteiger partial charge in [0, 0.05) is 0 Å². The topological polar surface area (TPSA) is 66.5 Å². The maximum atomic E-state index is 9.24. The molecule has 0 spiro atoms. The molecule has 0 aliphatic rings. The molecule has 13 heavy (non-hydrogen) atoms. The molecule has 1 atom stereocenters. The summed E-state index contributed by atoms with van der Waals surface area (Å²) in [7, 11) is 0. The lowest BCUT2D eigenvalue weighted by atomic mass is 9.99. The summed E-state index contributed by atoms with van der Waals surface area (Å²) in [6, 6.07) is 4.67. The second kappa shape index (κ2) is 4.25. The van der Waals surface area contributed by atoms with Gasteiger partial charge in [0.25, 0.3) is 0 Å². The van der Waals surface area contributed by atoms with Gasteiger partial charge in [-0.1, -0.05) is 13.0 Å². The van der Waals surface area contributed by atoms with Crippen LogP contribution in [0.2, 0.25) is 0 Å². The number of aliphatic hydroxyl groups is 1. The number of phenolic OH excluding ortho intramolecular Hbond substituents is 1. The van der Waals surface area contributed by atoms with Crippen molar-refractivity contribution in [3.05, 3.63) is 29.3 Å². The monoisotopic (exact) mass is 181 g/mol. The number of phenols is 1. The van der Waals surface area contributed by atoms with Crippen LogP contribution in [-0.4, -0.2) is 16.8 Å². The van der Waals surface area contributed by atoms with E-state index in [1.807, 2.05) is 13.0 Å². The number of rotatable bonds is 3. The fourth-order valence-corrected chi connectivity index (χ4v) is 1.35. The molecule has 3 heteroatoms. The van der Waals surface area contributed by atoms with Crippen LogP contribution in [0.3, 0.4) is 0 Å². The number of aryl methyl sites for hydroxylation is 1. The van der Waals surface area contributed by atoms with Crippen LogP contribution in [0, 0.1) is 0 Å². The summed E-state index contributed by atoms with van der Waals surface area (Å²) in [5.74, 6) is 0.191. The Morgan fingerprint density at radius 2 is 2.15 bits per heavy atom. The van der Waals surface area contributed by atoms with E-state index in [2.05, 4.69) is 0 Å². The van der Waals surface area contributed by atoms with E-state index < -0.39 is 6.04 Å². The lowest BCUT2D eigenvalue weighted by molar-refractivity contribution is 0.267. The molecular weight excluding hydrogens is 166 g/mol. The van der Waals surface area contributed by atoms with Gasteiger partial charge in [0.15, 0.2) is 0 Å². The third-order valence-electron chi connectivity index (χ3n) is 2.11. The summed E-state index contributed by atoms with van der Waals surface area (Å²) < 4.78 is 0. The van der Waals surface area contributed by atoms with Crippen LogP contribution in [0.15, 0.2) is 18.2 Å². The molecule has 1 rings (SSSR count). The Hall–Kier alpha value is -1.06. The molecule has 72 valence electrons. The SMILES string of the molecule is CCc1ccc(O)cc1[C@@H](N)CO. The number of nitrogens with two attached hydrogens (primary N) is 1. The molecule has 0 amide bonds. The Balaban J connectivity index is 3.07. The fraction of sp³-hybridized carbons (Fsp3) is 0.400. The average Bonchev–Trinajstić information content (AvgIpc) is 2.16. The van der Waals surface area contributed by atoms with Gasteiger partial charge in [0.05, 0.1) is 12.6 Å². The molecular formula is C10H15NO2. The van der Waals surface area contributed by atoms with Gasteiger partial charge in [-0.2, -0.15) is 0 Å². The van der Waals surface area contributed by atoms with Crippen molar-refractivity contribution in [2.24, 2.45) is 5.73 Å². The smallest absolute Gasteiger partial charge is 0.115 e. The van der Waals surface area contributed by atoms with Crippen molar-refractivity contribution < 1.29 is 10.2 Å². The van der Waals surface area contributed by atoms with E-state index in [4.69, 9.17) is 10.8 Å². The van der Waals surface area contributed by atoms with Gasteiger partial charge < -0.3 is 15.9 Å². The van der Waals surface area contributed by atoms with Crippen LogP contribution < -0.4 is 5.73 Å². The largest absolute Gasteiger partial charge is 0.508 e. The summed E-state index contributed by atoms with van der Waals surface area (Å²) in [5.41, 5.74) is 7.57. The Morgan fingerprint density at radius 3 is 2.69 bits per heavy atom. The second-order valence-electron chi connectivity index (χ2n) is 3.03. The molecule has 0 radical (unpaired) electrons. The van der Waals surface area contributed by atoms with Gasteiger partial charge in [0.1, 0.15) is 5.75 Å². The molecule has 3 nitrogen and oxygen atoms in total. The first-order valence-electron chi connectivity index (χ1n) is 4.37. The first-order chi connectivity index (χ1) is 6.19. The van der Waals surface area contributed by atoms with E-state index >= 15 is 0 Å². The average molecular weight is 181 g/mol. The second-order valence-corrected chi connectivity index (χ2v) is 3.03. The van der Waals surface area contributed by atoms with Crippen molar-refractivity contribution in [1.29, 1.82) is 0 Å². The minimum atomic E-state index is -0.401. The predicted molar refractivity (Wildman–Crippen MR) is 51.5 cm³/mol. The summed E-state index contributed by atoms with van der Waals surface area (Å²) in [5, 5.41) is 18.1. The maximum Gasteiger partial charge on any atom is 0.115 e. The van der Waals surface area contributed by atoms with Gasteiger partial charge in [-0.25, -0.2) is 0 Å². The van der Waals surface area contributed by atoms with Crippen molar-refractivity contribution in [1.82, 2.24) is 0 Å². The summed E-state index contributed by atoms with van der Waals surface area (Å²) in [6.07, 6.45) is 0.851. The van der Waals surface area contributed by atoms with Crippen LogP contribution in [0.1, 0.15) is 24.1 Å². The lowest BCUT2D eigenvalue weighted by Crippen LogP contribution is -2.16. The molecule has 0 aliphatic carbocycles. The molecule has 4 N–H and O–H groups in total. The molecule has 0 bridgehead atoms. The highest BCUT2D eigenvalue weighted by molar-refractivity contribution is 5.36. The lowest BCUT2D eigenvalue weighted by Gasteiger charge is -2.13. The van der Waals surface area contributed by atoms with Gasteiger partial charge in [-0.05, 0) is 29.7 Å². The Bertz CT molecular complexity index is 286. The molecule has 0 unspecified atom stereocenters. The van der Waals surface area contributed by atoms with Crippen molar-refractivity contribution >= 4 is 0 Å². The third kappa shape index (κ3) is 2.20. The van der Waals surface area contributed by atoms with Crippen LogP contribution in [-0.2, 0) is 6.42 Å². The van der Waals surface area contributed by atoms with Crippen LogP contribution in [0.25, 0.3) is 0 Å². The highest BCUT2D eigenvalue weighted by Crippen LogP contribution is 2.21. The predicted octanol–water partition coefficient (Wildman–Crippen LogP) is 0.947. The summed E-state index contributed by atoms with van der Waals surface area (Å²) in [6.45, 7) is 1.91. The number of aliphatic hydroxyl groups excluding tert-OH is 1. The Kier molecular flexibility index (Phi) is 3.28. The zero-order valence-electron chi connectivity index (χ0n) is 7.70. The van der Waals surface area contributed by atoms with Gasteiger partial charge >= 0.3 is 0 Å². The number of benzene rings is 1. The number of hydrogen-bond donors (Lipinski definition) is 3. The zero-order chi connectivity index (χ0) is 9.84. The van der Waals surface area contributed by atoms with E-state index in [1.165, 1.54) is 0 Å². The zero-order valence-corrected chi connectivity index (χ0v) is 7.70. The first-order valence-corrected chi connectivity index (χ1v) is 4.37. The normalized spacial score (nSPS) is 12.8. The Labute approximate surface area is 77.8 Å². The highest BCUT2D eigenvalue weighted by atomic mass is 16.3. The first kappa shape index (κ1) is 10.0. The van der Waals surface area contributed by atoms with Gasteiger partial charge in [-0.15, -0.1) is 0 Å². The molecule has 0 saturated heterocycles. The molecule has 0 aromatic heterocycles. The molecule has 0 aliphatic heterocycles. The standard InChI is InChI=1S/C10H15NO2/c1-2-7-3-4-8(13)5-9(7)10(11)6-12/h3-5,10,12-13H,2,6,11H2,1H3/t10-/m0/s1. The number of hydrogen-bond acceptors (Lipinski definition) is 3. The molecule has 0 saturated carbocycles. The minimum Gasteiger partial charge on any atom is -0.508 e. The molecule has 1 aromatic carbocycles. The Morgan fingerprint density at radius 1 is 1.46 bits per heavy atom. The number of aromatic hydroxyl groups is 1. The van der Waals surface area contributed by atoms with Gasteiger partial charge in [-0.3, -0.25) is 0 Å². The highest BCUT2D eigenvalue weighted by Gasteiger charge is 2.09. The van der Waals surface area contributed by atoms with E-state index in [1.54, 1.807) is 12.1 Å². The van der Waals surface area contributed by atoms with Gasteiger partial charge in [0.2, 0.25) is 0 Å². The summed E-state index contributed by atoms with van der Waals surface area (Å²) >= 11 is 0. The molecule has 1 aromatic rings. The minimum absolute atomic E-state index is 0.101. The van der Waals surface area contributed by atoms with Crippen LogP contribution in [0.4, 0.5) is 0 Å². The van der Waals surface area contributed by atoms with Crippen molar-refractivity contribution in [3.8, 4) is 5.75 Å². The van der Waals surface area contributed by atoms with E-state index in [9.17, 15) is 5.11 Å². The van der Waals surface area contributed by atoms with E-state index in [-0.39, 0.29) is 12.4 Å². The quantitative estimate of drug-likeness (QED) is 0.650. The van der Waals surface area contributed by atoms with E-state index in [0.29, 0.717) is 0 Å². The maximum absolute atomic E-state index is 9.24. The van der Waals surface area contributed by atoms with Crippen molar-refractivity contribution in [3.63, 3.8) is 0 Å². The van der Waals surface area contributed by atoms with Crippen LogP contribution >= 0.6 is 0 Å². The third-order valence-corrected chi connectivity index (χ3v) is 2.11. The van der Waals surface area contributed by atoms with Crippen molar-refractivity contribution in [2.75, 3.05) is 6.61 Å². The molecule has 0 fully saturated rings.